The molecule has 2 aromatic rings. The number of para-hydroxylation sites is 2. The van der Waals surface area contributed by atoms with E-state index in [1.54, 1.807) is 55.3 Å². The van der Waals surface area contributed by atoms with Crippen LogP contribution in [0.15, 0.2) is 54.6 Å². The van der Waals surface area contributed by atoms with Crippen LogP contribution in [0.3, 0.4) is 0 Å². The Morgan fingerprint density at radius 2 is 1.63 bits per heavy atom. The molecular formula is C23H27N3O4. The second-order valence-corrected chi connectivity index (χ2v) is 7.35. The van der Waals surface area contributed by atoms with Crippen molar-refractivity contribution in [2.24, 2.45) is 5.92 Å². The zero-order valence-corrected chi connectivity index (χ0v) is 17.3. The highest BCUT2D eigenvalue weighted by Gasteiger charge is 2.30. The molecule has 1 saturated heterocycles. The summed E-state index contributed by atoms with van der Waals surface area (Å²) in [5, 5.41) is 5.67. The molecule has 1 fully saturated rings. The maximum atomic E-state index is 12.7. The minimum atomic E-state index is -0.628. The van der Waals surface area contributed by atoms with Crippen LogP contribution < -0.4 is 15.4 Å². The van der Waals surface area contributed by atoms with Crippen molar-refractivity contribution in [3.63, 3.8) is 0 Å². The average Bonchev–Trinajstić information content (AvgIpc) is 2.79. The SMILES string of the molecule is COc1ccccc1NC(=O)C1CCN(C(=O)C(C)NC(=O)c2ccccc2)CC1. The van der Waals surface area contributed by atoms with E-state index in [0.717, 1.165) is 0 Å². The molecule has 0 saturated carbocycles. The summed E-state index contributed by atoms with van der Waals surface area (Å²) in [7, 11) is 1.56. The number of hydrogen-bond acceptors (Lipinski definition) is 4. The van der Waals surface area contributed by atoms with Crippen molar-refractivity contribution in [2.75, 3.05) is 25.5 Å². The number of carbonyl (C=O) groups is 3. The second-order valence-electron chi connectivity index (χ2n) is 7.35. The Morgan fingerprint density at radius 3 is 2.30 bits per heavy atom. The Kier molecular flexibility index (Phi) is 7.06. The van der Waals surface area contributed by atoms with Gasteiger partial charge in [0.1, 0.15) is 11.8 Å². The third-order valence-electron chi connectivity index (χ3n) is 5.30. The van der Waals surface area contributed by atoms with Gasteiger partial charge in [-0.3, -0.25) is 14.4 Å². The van der Waals surface area contributed by atoms with Gasteiger partial charge < -0.3 is 20.3 Å². The van der Waals surface area contributed by atoms with Gasteiger partial charge in [0.05, 0.1) is 12.8 Å². The van der Waals surface area contributed by atoms with Crippen LogP contribution in [0.5, 0.6) is 5.75 Å². The molecule has 7 nitrogen and oxygen atoms in total. The van der Waals surface area contributed by atoms with E-state index < -0.39 is 6.04 Å². The summed E-state index contributed by atoms with van der Waals surface area (Å²) in [4.78, 5) is 39.3. The summed E-state index contributed by atoms with van der Waals surface area (Å²) >= 11 is 0. The maximum absolute atomic E-state index is 12.7. The fraction of sp³-hybridized carbons (Fsp3) is 0.348. The van der Waals surface area contributed by atoms with Gasteiger partial charge in [-0.1, -0.05) is 30.3 Å². The minimum absolute atomic E-state index is 0.0722. The van der Waals surface area contributed by atoms with Crippen LogP contribution in [0, 0.1) is 5.92 Å². The lowest BCUT2D eigenvalue weighted by molar-refractivity contribution is -0.135. The molecule has 7 heteroatoms. The number of ether oxygens (including phenoxy) is 1. The van der Waals surface area contributed by atoms with E-state index in [2.05, 4.69) is 10.6 Å². The number of nitrogens with zero attached hydrogens (tertiary/aromatic N) is 1. The van der Waals surface area contributed by atoms with Gasteiger partial charge >= 0.3 is 0 Å². The first-order valence-corrected chi connectivity index (χ1v) is 10.1. The molecule has 2 aromatic carbocycles. The third-order valence-corrected chi connectivity index (χ3v) is 5.30. The molecule has 1 atom stereocenters. The molecule has 3 rings (SSSR count). The molecule has 1 aliphatic heterocycles. The number of benzene rings is 2. The van der Waals surface area contributed by atoms with Crippen molar-refractivity contribution < 1.29 is 19.1 Å². The number of methoxy groups -OCH3 is 1. The van der Waals surface area contributed by atoms with Crippen LogP contribution in [-0.2, 0) is 9.59 Å². The van der Waals surface area contributed by atoms with Crippen molar-refractivity contribution in [3.05, 3.63) is 60.2 Å². The summed E-state index contributed by atoms with van der Waals surface area (Å²) in [6.45, 7) is 2.65. The van der Waals surface area contributed by atoms with Gasteiger partial charge in [-0.05, 0) is 44.0 Å². The largest absolute Gasteiger partial charge is 0.495 e. The van der Waals surface area contributed by atoms with Crippen molar-refractivity contribution in [1.29, 1.82) is 0 Å². The molecule has 1 unspecified atom stereocenters. The summed E-state index contributed by atoms with van der Waals surface area (Å²) in [5.41, 5.74) is 1.16. The number of amides is 3. The summed E-state index contributed by atoms with van der Waals surface area (Å²) in [6, 6.07) is 15.5. The highest BCUT2D eigenvalue weighted by atomic mass is 16.5. The molecule has 0 spiro atoms. The van der Waals surface area contributed by atoms with Gasteiger partial charge in [0.15, 0.2) is 0 Å². The lowest BCUT2D eigenvalue weighted by atomic mass is 9.95. The van der Waals surface area contributed by atoms with Crippen LogP contribution in [0.4, 0.5) is 5.69 Å². The molecule has 158 valence electrons. The van der Waals surface area contributed by atoms with E-state index in [-0.39, 0.29) is 23.6 Å². The zero-order valence-electron chi connectivity index (χ0n) is 17.3. The van der Waals surface area contributed by atoms with Crippen LogP contribution >= 0.6 is 0 Å². The smallest absolute Gasteiger partial charge is 0.251 e. The lowest BCUT2D eigenvalue weighted by Crippen LogP contribution is -2.50. The Balaban J connectivity index is 1.50. The van der Waals surface area contributed by atoms with Gasteiger partial charge in [0, 0.05) is 24.6 Å². The number of carbonyl (C=O) groups excluding carboxylic acids is 3. The molecule has 0 aliphatic carbocycles. The van der Waals surface area contributed by atoms with Gasteiger partial charge in [-0.15, -0.1) is 0 Å². The molecule has 30 heavy (non-hydrogen) atoms. The van der Waals surface area contributed by atoms with E-state index in [1.165, 1.54) is 0 Å². The Bertz CT molecular complexity index is 892. The number of rotatable bonds is 6. The number of anilines is 1. The fourth-order valence-electron chi connectivity index (χ4n) is 3.55. The topological polar surface area (TPSA) is 87.7 Å². The molecule has 1 heterocycles. The number of piperidine rings is 1. The summed E-state index contributed by atoms with van der Waals surface area (Å²) < 4.78 is 5.27. The molecule has 3 amide bonds. The normalized spacial score (nSPS) is 15.2. The average molecular weight is 409 g/mol. The first kappa shape index (κ1) is 21.4. The van der Waals surface area contributed by atoms with Crippen molar-refractivity contribution in [1.82, 2.24) is 10.2 Å². The highest BCUT2D eigenvalue weighted by molar-refractivity contribution is 5.97. The summed E-state index contributed by atoms with van der Waals surface area (Å²) in [6.07, 6.45) is 1.15. The van der Waals surface area contributed by atoms with Crippen LogP contribution in [0.2, 0.25) is 0 Å². The second kappa shape index (κ2) is 9.91. The van der Waals surface area contributed by atoms with Crippen LogP contribution in [-0.4, -0.2) is 48.9 Å². The quantitative estimate of drug-likeness (QED) is 0.768. The predicted molar refractivity (Wildman–Crippen MR) is 114 cm³/mol. The van der Waals surface area contributed by atoms with E-state index in [0.29, 0.717) is 42.9 Å². The van der Waals surface area contributed by atoms with Crippen molar-refractivity contribution in [3.8, 4) is 5.75 Å². The molecule has 0 aromatic heterocycles. The van der Waals surface area contributed by atoms with Crippen LogP contribution in [0.25, 0.3) is 0 Å². The van der Waals surface area contributed by atoms with Gasteiger partial charge in [0.2, 0.25) is 11.8 Å². The van der Waals surface area contributed by atoms with Gasteiger partial charge in [-0.25, -0.2) is 0 Å². The van der Waals surface area contributed by atoms with E-state index in [9.17, 15) is 14.4 Å². The van der Waals surface area contributed by atoms with E-state index in [1.807, 2.05) is 18.2 Å². The fourth-order valence-corrected chi connectivity index (χ4v) is 3.55. The minimum Gasteiger partial charge on any atom is -0.495 e. The Hall–Kier alpha value is -3.35. The van der Waals surface area contributed by atoms with Gasteiger partial charge in [-0.2, -0.15) is 0 Å². The van der Waals surface area contributed by atoms with E-state index in [4.69, 9.17) is 4.74 Å². The standard InChI is InChI=1S/C23H27N3O4/c1-16(24-21(27)17-8-4-3-5-9-17)23(29)26-14-12-18(13-15-26)22(28)25-19-10-6-7-11-20(19)30-2/h3-11,16,18H,12-15H2,1-2H3,(H,24,27)(H,25,28). The van der Waals surface area contributed by atoms with Crippen molar-refractivity contribution in [2.45, 2.75) is 25.8 Å². The lowest BCUT2D eigenvalue weighted by Gasteiger charge is -2.33. The Labute approximate surface area is 176 Å². The number of hydrogen-bond donors (Lipinski definition) is 2. The highest BCUT2D eigenvalue weighted by Crippen LogP contribution is 2.26. The molecular weight excluding hydrogens is 382 g/mol. The van der Waals surface area contributed by atoms with Gasteiger partial charge in [0.25, 0.3) is 5.91 Å². The summed E-state index contributed by atoms with van der Waals surface area (Å²) in [5.74, 6) is -0.0444. The monoisotopic (exact) mass is 409 g/mol. The molecule has 0 bridgehead atoms. The molecule has 1 aliphatic rings. The predicted octanol–water partition coefficient (Wildman–Crippen LogP) is 2.69. The zero-order chi connectivity index (χ0) is 21.5. The first-order valence-electron chi connectivity index (χ1n) is 10.1. The van der Waals surface area contributed by atoms with Crippen LogP contribution in [0.1, 0.15) is 30.1 Å². The first-order chi connectivity index (χ1) is 14.5. The number of nitrogens with one attached hydrogen (secondary N) is 2. The molecule has 0 radical (unpaired) electrons. The Morgan fingerprint density at radius 1 is 1.00 bits per heavy atom. The van der Waals surface area contributed by atoms with E-state index >= 15 is 0 Å². The third kappa shape index (κ3) is 5.17. The maximum Gasteiger partial charge on any atom is 0.251 e. The van der Waals surface area contributed by atoms with Crippen molar-refractivity contribution >= 4 is 23.4 Å². The number of likely N-dealkylation sites (tertiary alicyclic amines) is 1. The molecule has 2 N–H and O–H groups in total.